The molecule has 2 atom stereocenters. The lowest BCUT2D eigenvalue weighted by Gasteiger charge is -2.26. The highest BCUT2D eigenvalue weighted by molar-refractivity contribution is 5.20. The summed E-state index contributed by atoms with van der Waals surface area (Å²) in [7, 11) is 0. The lowest BCUT2D eigenvalue weighted by molar-refractivity contribution is 0.121. The lowest BCUT2D eigenvalue weighted by atomic mass is 10.0. The quantitative estimate of drug-likeness (QED) is 0.778. The summed E-state index contributed by atoms with van der Waals surface area (Å²) in [5.74, 6) is 0. The van der Waals surface area contributed by atoms with Crippen LogP contribution in [-0.2, 0) is 4.74 Å². The minimum absolute atomic E-state index is 0.0484. The Hall–Kier alpha value is -1.37. The van der Waals surface area contributed by atoms with E-state index in [1.807, 2.05) is 25.1 Å². The molecule has 84 valence electrons. The lowest BCUT2D eigenvalue weighted by Crippen LogP contribution is -2.33. The van der Waals surface area contributed by atoms with Crippen LogP contribution in [0.1, 0.15) is 24.9 Å². The SMILES string of the molecule is CC[C@@H](C#N)N1COC[C@H]1c1ccccc1. The van der Waals surface area contributed by atoms with Gasteiger partial charge in [0.15, 0.2) is 0 Å². The molecule has 0 unspecified atom stereocenters. The van der Waals surface area contributed by atoms with Gasteiger partial charge >= 0.3 is 0 Å². The van der Waals surface area contributed by atoms with E-state index in [4.69, 9.17) is 10.00 Å². The van der Waals surface area contributed by atoms with Crippen molar-refractivity contribution in [2.75, 3.05) is 13.3 Å². The van der Waals surface area contributed by atoms with E-state index in [-0.39, 0.29) is 12.1 Å². The summed E-state index contributed by atoms with van der Waals surface area (Å²) in [5, 5.41) is 9.10. The topological polar surface area (TPSA) is 36.3 Å². The molecule has 3 nitrogen and oxygen atoms in total. The van der Waals surface area contributed by atoms with Crippen LogP contribution in [0.5, 0.6) is 0 Å². The summed E-state index contributed by atoms with van der Waals surface area (Å²) >= 11 is 0. The van der Waals surface area contributed by atoms with Gasteiger partial charge in [-0.2, -0.15) is 5.26 Å². The van der Waals surface area contributed by atoms with Gasteiger partial charge in [-0.25, -0.2) is 0 Å². The van der Waals surface area contributed by atoms with Gasteiger partial charge in [-0.05, 0) is 12.0 Å². The first kappa shape index (κ1) is 11.1. The molecule has 0 N–H and O–H groups in total. The first-order valence-corrected chi connectivity index (χ1v) is 5.65. The van der Waals surface area contributed by atoms with E-state index in [1.165, 1.54) is 5.56 Å². The van der Waals surface area contributed by atoms with Crippen molar-refractivity contribution in [3.8, 4) is 6.07 Å². The second-order valence-corrected chi connectivity index (χ2v) is 3.99. The third-order valence-electron chi connectivity index (χ3n) is 3.04. The summed E-state index contributed by atoms with van der Waals surface area (Å²) in [6.07, 6.45) is 0.837. The van der Waals surface area contributed by atoms with Crippen LogP contribution in [0.3, 0.4) is 0 Å². The predicted molar refractivity (Wildman–Crippen MR) is 61.5 cm³/mol. The predicted octanol–water partition coefficient (Wildman–Crippen LogP) is 2.32. The van der Waals surface area contributed by atoms with Crippen LogP contribution in [0.25, 0.3) is 0 Å². The molecule has 0 aliphatic carbocycles. The number of hydrogen-bond donors (Lipinski definition) is 0. The molecule has 1 saturated heterocycles. The molecule has 0 saturated carbocycles. The molecule has 0 bridgehead atoms. The Morgan fingerprint density at radius 2 is 2.25 bits per heavy atom. The van der Waals surface area contributed by atoms with Crippen LogP contribution >= 0.6 is 0 Å². The molecule has 16 heavy (non-hydrogen) atoms. The van der Waals surface area contributed by atoms with Crippen LogP contribution < -0.4 is 0 Å². The first-order valence-electron chi connectivity index (χ1n) is 5.65. The highest BCUT2D eigenvalue weighted by Gasteiger charge is 2.31. The van der Waals surface area contributed by atoms with Gasteiger partial charge < -0.3 is 4.74 Å². The molecule has 0 spiro atoms. The summed E-state index contributed by atoms with van der Waals surface area (Å²) in [4.78, 5) is 2.13. The van der Waals surface area contributed by atoms with E-state index < -0.39 is 0 Å². The fraction of sp³-hybridized carbons (Fsp3) is 0.462. The minimum Gasteiger partial charge on any atom is -0.364 e. The fourth-order valence-corrected chi connectivity index (χ4v) is 2.13. The van der Waals surface area contributed by atoms with Crippen molar-refractivity contribution >= 4 is 0 Å². The number of nitriles is 1. The Labute approximate surface area is 96.2 Å². The largest absolute Gasteiger partial charge is 0.364 e. The number of nitrogens with zero attached hydrogens (tertiary/aromatic N) is 2. The van der Waals surface area contributed by atoms with E-state index in [0.29, 0.717) is 13.3 Å². The molecular formula is C13H16N2O. The van der Waals surface area contributed by atoms with E-state index in [1.54, 1.807) is 0 Å². The van der Waals surface area contributed by atoms with E-state index >= 15 is 0 Å². The third-order valence-corrected chi connectivity index (χ3v) is 3.04. The van der Waals surface area contributed by atoms with Gasteiger partial charge in [-0.1, -0.05) is 37.3 Å². The summed E-state index contributed by atoms with van der Waals surface area (Å²) in [5.41, 5.74) is 1.23. The molecule has 0 amide bonds. The molecule has 3 heteroatoms. The van der Waals surface area contributed by atoms with Crippen LogP contribution in [0, 0.1) is 11.3 Å². The van der Waals surface area contributed by atoms with Crippen molar-refractivity contribution in [3.63, 3.8) is 0 Å². The van der Waals surface area contributed by atoms with Crippen LogP contribution in [0.4, 0.5) is 0 Å². The normalized spacial score (nSPS) is 22.9. The molecule has 0 radical (unpaired) electrons. The van der Waals surface area contributed by atoms with Gasteiger partial charge in [-0.15, -0.1) is 0 Å². The second-order valence-electron chi connectivity index (χ2n) is 3.99. The zero-order valence-electron chi connectivity index (χ0n) is 9.47. The van der Waals surface area contributed by atoms with E-state index in [2.05, 4.69) is 23.1 Å². The number of rotatable bonds is 3. The Balaban J connectivity index is 2.19. The zero-order valence-corrected chi connectivity index (χ0v) is 9.47. The molecule has 1 aliphatic rings. The summed E-state index contributed by atoms with van der Waals surface area (Å²) in [6, 6.07) is 12.8. The number of hydrogen-bond acceptors (Lipinski definition) is 3. The molecule has 1 aliphatic heterocycles. The Kier molecular flexibility index (Phi) is 3.55. The van der Waals surface area contributed by atoms with Crippen LogP contribution in [-0.4, -0.2) is 24.3 Å². The highest BCUT2D eigenvalue weighted by atomic mass is 16.5. The molecule has 1 heterocycles. The fourth-order valence-electron chi connectivity index (χ4n) is 2.13. The molecule has 1 aromatic rings. The monoisotopic (exact) mass is 216 g/mol. The van der Waals surface area contributed by atoms with Crippen molar-refractivity contribution in [2.45, 2.75) is 25.4 Å². The maximum atomic E-state index is 9.10. The molecule has 0 aromatic heterocycles. The average molecular weight is 216 g/mol. The summed E-state index contributed by atoms with van der Waals surface area (Å²) in [6.45, 7) is 3.28. The van der Waals surface area contributed by atoms with Crippen LogP contribution in [0.2, 0.25) is 0 Å². The highest BCUT2D eigenvalue weighted by Crippen LogP contribution is 2.28. The standard InChI is InChI=1S/C13H16N2O/c1-2-12(8-14)15-10-16-9-13(15)11-6-4-3-5-7-11/h3-7,12-13H,2,9-10H2,1H3/t12-,13-/m0/s1. The van der Waals surface area contributed by atoms with Crippen molar-refractivity contribution in [2.24, 2.45) is 0 Å². The van der Waals surface area contributed by atoms with Gasteiger partial charge in [0, 0.05) is 0 Å². The average Bonchev–Trinajstić information content (AvgIpc) is 2.81. The van der Waals surface area contributed by atoms with Crippen molar-refractivity contribution in [1.29, 1.82) is 5.26 Å². The van der Waals surface area contributed by atoms with E-state index in [0.717, 1.165) is 6.42 Å². The second kappa shape index (κ2) is 5.11. The van der Waals surface area contributed by atoms with Crippen LogP contribution in [0.15, 0.2) is 30.3 Å². The smallest absolute Gasteiger partial charge is 0.101 e. The van der Waals surface area contributed by atoms with E-state index in [9.17, 15) is 0 Å². The Morgan fingerprint density at radius 3 is 2.88 bits per heavy atom. The Morgan fingerprint density at radius 1 is 1.50 bits per heavy atom. The van der Waals surface area contributed by atoms with Gasteiger partial charge in [-0.3, -0.25) is 4.90 Å². The first-order chi connectivity index (χ1) is 7.86. The Bertz CT molecular complexity index is 371. The number of ether oxygens (including phenoxy) is 1. The molecular weight excluding hydrogens is 200 g/mol. The van der Waals surface area contributed by atoms with Crippen molar-refractivity contribution < 1.29 is 4.74 Å². The zero-order chi connectivity index (χ0) is 11.4. The maximum Gasteiger partial charge on any atom is 0.101 e. The maximum absolute atomic E-state index is 9.10. The van der Waals surface area contributed by atoms with Crippen molar-refractivity contribution in [1.82, 2.24) is 4.90 Å². The van der Waals surface area contributed by atoms with Gasteiger partial charge in [0.05, 0.1) is 24.8 Å². The molecule has 1 aromatic carbocycles. The summed E-state index contributed by atoms with van der Waals surface area (Å²) < 4.78 is 5.48. The molecule has 1 fully saturated rings. The van der Waals surface area contributed by atoms with Gasteiger partial charge in [0.1, 0.15) is 6.73 Å². The van der Waals surface area contributed by atoms with Gasteiger partial charge in [0.2, 0.25) is 0 Å². The third kappa shape index (κ3) is 2.08. The molecule has 2 rings (SSSR count). The minimum atomic E-state index is -0.0484. The number of benzene rings is 1. The van der Waals surface area contributed by atoms with Crippen molar-refractivity contribution in [3.05, 3.63) is 35.9 Å². The van der Waals surface area contributed by atoms with Gasteiger partial charge in [0.25, 0.3) is 0 Å².